The molecule has 0 fully saturated rings. The van der Waals surface area contributed by atoms with Gasteiger partial charge in [-0.3, -0.25) is 4.79 Å². The van der Waals surface area contributed by atoms with Gasteiger partial charge in [0.05, 0.1) is 7.11 Å². The Kier molecular flexibility index (Phi) is 6.28. The van der Waals surface area contributed by atoms with E-state index >= 15 is 0 Å². The van der Waals surface area contributed by atoms with Gasteiger partial charge in [0, 0.05) is 22.3 Å². The maximum Gasteiger partial charge on any atom is 0.355 e. The first-order valence-corrected chi connectivity index (χ1v) is 10.1. The Morgan fingerprint density at radius 3 is 1.66 bits per heavy atom. The van der Waals surface area contributed by atoms with Crippen molar-refractivity contribution in [3.63, 3.8) is 0 Å². The highest BCUT2D eigenvalue weighted by Gasteiger charge is 2.23. The predicted molar refractivity (Wildman–Crippen MR) is 123 cm³/mol. The molecule has 5 heteroatoms. The van der Waals surface area contributed by atoms with Crippen molar-refractivity contribution in [1.29, 1.82) is 0 Å². The van der Waals surface area contributed by atoms with Gasteiger partial charge in [-0.25, -0.2) is 4.79 Å². The van der Waals surface area contributed by atoms with E-state index in [0.717, 1.165) is 11.1 Å². The van der Waals surface area contributed by atoms with Crippen LogP contribution in [0.25, 0.3) is 11.5 Å². The van der Waals surface area contributed by atoms with E-state index in [-0.39, 0.29) is 5.70 Å². The summed E-state index contributed by atoms with van der Waals surface area (Å²) < 4.78 is 11.1. The molecule has 0 spiro atoms. The van der Waals surface area contributed by atoms with Crippen LogP contribution in [0.2, 0.25) is 0 Å². The molecule has 32 heavy (non-hydrogen) atoms. The van der Waals surface area contributed by atoms with Crippen molar-refractivity contribution in [2.75, 3.05) is 7.11 Å². The average Bonchev–Trinajstić information content (AvgIpc) is 2.88. The second kappa shape index (κ2) is 9.62. The van der Waals surface area contributed by atoms with Crippen molar-refractivity contribution >= 4 is 23.4 Å². The molecule has 1 heterocycles. The second-order valence-electron chi connectivity index (χ2n) is 6.99. The molecule has 0 bridgehead atoms. The summed E-state index contributed by atoms with van der Waals surface area (Å²) in [7, 11) is 1.28. The van der Waals surface area contributed by atoms with Crippen LogP contribution in [0.5, 0.6) is 0 Å². The molecule has 158 valence electrons. The van der Waals surface area contributed by atoms with Crippen molar-refractivity contribution < 1.29 is 19.1 Å². The lowest BCUT2D eigenvalue weighted by Gasteiger charge is -2.20. The minimum atomic E-state index is -0.654. The second-order valence-corrected chi connectivity index (χ2v) is 6.99. The zero-order valence-electron chi connectivity index (χ0n) is 17.4. The first-order chi connectivity index (χ1) is 15.7. The largest absolute Gasteiger partial charge is 0.464 e. The van der Waals surface area contributed by atoms with E-state index in [4.69, 9.17) is 9.47 Å². The lowest BCUT2D eigenvalue weighted by atomic mass is 10.0. The fourth-order valence-electron chi connectivity index (χ4n) is 3.25. The number of allylic oxidation sites excluding steroid dienone is 3. The van der Waals surface area contributed by atoms with Gasteiger partial charge >= 0.3 is 5.97 Å². The molecular weight excluding hydrogens is 402 g/mol. The Balaban J connectivity index is 1.83. The maximum atomic E-state index is 12.8. The van der Waals surface area contributed by atoms with Gasteiger partial charge < -0.3 is 14.8 Å². The third-order valence-corrected chi connectivity index (χ3v) is 4.86. The smallest absolute Gasteiger partial charge is 0.355 e. The topological polar surface area (TPSA) is 64.6 Å². The molecule has 0 aromatic heterocycles. The minimum absolute atomic E-state index is 0.0338. The van der Waals surface area contributed by atoms with Gasteiger partial charge in [-0.1, -0.05) is 78.9 Å². The van der Waals surface area contributed by atoms with Crippen molar-refractivity contribution in [1.82, 2.24) is 5.32 Å². The highest BCUT2D eigenvalue weighted by atomic mass is 16.5. The van der Waals surface area contributed by atoms with Crippen LogP contribution < -0.4 is 5.32 Å². The number of carbonyl (C=O) groups is 2. The van der Waals surface area contributed by atoms with Crippen LogP contribution >= 0.6 is 0 Å². The first kappa shape index (κ1) is 20.9. The normalized spacial score (nSPS) is 12.7. The van der Waals surface area contributed by atoms with Crippen LogP contribution in [0.3, 0.4) is 0 Å². The summed E-state index contributed by atoms with van der Waals surface area (Å²) in [6, 6.07) is 27.8. The summed E-state index contributed by atoms with van der Waals surface area (Å²) in [5.74, 6) is 0.0439. The number of amides is 1. The third-order valence-electron chi connectivity index (χ3n) is 4.86. The Morgan fingerprint density at radius 2 is 1.19 bits per heavy atom. The number of rotatable bonds is 5. The van der Waals surface area contributed by atoms with E-state index in [1.54, 1.807) is 36.4 Å². The Hall–Kier alpha value is -4.38. The van der Waals surface area contributed by atoms with Crippen LogP contribution in [-0.2, 0) is 14.3 Å². The van der Waals surface area contributed by atoms with Crippen molar-refractivity contribution in [2.24, 2.45) is 0 Å². The molecule has 0 saturated carbocycles. The number of nitrogens with one attached hydrogen (secondary N) is 1. The molecule has 1 aliphatic rings. The average molecular weight is 423 g/mol. The molecule has 1 amide bonds. The summed E-state index contributed by atoms with van der Waals surface area (Å²) in [5, 5.41) is 2.72. The molecule has 0 atom stereocenters. The standard InChI is InChI=1S/C27H21NO4/c1-31-27(30)25(28-26(29)21-15-9-4-10-16-21)22-17-23(19-11-5-2-6-12-19)32-24(18-22)20-13-7-3-8-14-20/h2-18H,1H3,(H,28,29). The minimum Gasteiger partial charge on any atom is -0.464 e. The molecule has 0 unspecified atom stereocenters. The number of ether oxygens (including phenoxy) is 2. The molecule has 3 aromatic rings. The number of carbonyl (C=O) groups excluding carboxylic acids is 2. The van der Waals surface area contributed by atoms with Gasteiger partial charge in [-0.15, -0.1) is 0 Å². The van der Waals surface area contributed by atoms with Crippen LogP contribution in [0.15, 0.2) is 114 Å². The van der Waals surface area contributed by atoms with E-state index in [9.17, 15) is 9.59 Å². The Labute approximate surface area is 186 Å². The number of benzene rings is 3. The first-order valence-electron chi connectivity index (χ1n) is 10.1. The highest BCUT2D eigenvalue weighted by Crippen LogP contribution is 2.33. The van der Waals surface area contributed by atoms with Gasteiger partial charge in [0.25, 0.3) is 5.91 Å². The fraction of sp³-hybridized carbons (Fsp3) is 0.0370. The summed E-state index contributed by atoms with van der Waals surface area (Å²) in [5.41, 5.74) is 2.62. The maximum absolute atomic E-state index is 12.8. The molecule has 0 radical (unpaired) electrons. The van der Waals surface area contributed by atoms with E-state index in [2.05, 4.69) is 5.32 Å². The molecule has 0 aliphatic carbocycles. The van der Waals surface area contributed by atoms with Gasteiger partial charge in [-0.2, -0.15) is 0 Å². The lowest BCUT2D eigenvalue weighted by Crippen LogP contribution is -2.29. The van der Waals surface area contributed by atoms with Gasteiger partial charge in [-0.05, 0) is 24.3 Å². The zero-order valence-corrected chi connectivity index (χ0v) is 17.4. The molecule has 5 nitrogen and oxygen atoms in total. The van der Waals surface area contributed by atoms with E-state index < -0.39 is 11.9 Å². The predicted octanol–water partition coefficient (Wildman–Crippen LogP) is 4.96. The molecule has 1 N–H and O–H groups in total. The highest BCUT2D eigenvalue weighted by molar-refractivity contribution is 6.02. The zero-order chi connectivity index (χ0) is 22.3. The molecular formula is C27H21NO4. The summed E-state index contributed by atoms with van der Waals surface area (Å²) in [4.78, 5) is 25.5. The van der Waals surface area contributed by atoms with Crippen LogP contribution in [0, 0.1) is 0 Å². The van der Waals surface area contributed by atoms with Crippen LogP contribution in [-0.4, -0.2) is 19.0 Å². The van der Waals surface area contributed by atoms with E-state index in [0.29, 0.717) is 22.7 Å². The number of hydrogen-bond donors (Lipinski definition) is 1. The number of esters is 1. The summed E-state index contributed by atoms with van der Waals surface area (Å²) in [6.45, 7) is 0. The van der Waals surface area contributed by atoms with E-state index in [1.807, 2.05) is 66.7 Å². The van der Waals surface area contributed by atoms with Gasteiger partial charge in [0.2, 0.25) is 0 Å². The Bertz CT molecular complexity index is 1150. The molecule has 3 aromatic carbocycles. The van der Waals surface area contributed by atoms with Crippen molar-refractivity contribution in [3.05, 3.63) is 131 Å². The number of hydrogen-bond acceptors (Lipinski definition) is 4. The fourth-order valence-corrected chi connectivity index (χ4v) is 3.25. The van der Waals surface area contributed by atoms with Crippen molar-refractivity contribution in [3.8, 4) is 0 Å². The van der Waals surface area contributed by atoms with Gasteiger partial charge in [0.1, 0.15) is 17.2 Å². The molecule has 0 saturated heterocycles. The third kappa shape index (κ3) is 4.68. The number of methoxy groups -OCH3 is 1. The summed E-state index contributed by atoms with van der Waals surface area (Å²) in [6.07, 6.45) is 3.44. The summed E-state index contributed by atoms with van der Waals surface area (Å²) >= 11 is 0. The van der Waals surface area contributed by atoms with Crippen LogP contribution in [0.4, 0.5) is 0 Å². The monoisotopic (exact) mass is 423 g/mol. The van der Waals surface area contributed by atoms with Crippen molar-refractivity contribution in [2.45, 2.75) is 0 Å². The Morgan fingerprint density at radius 1 is 0.719 bits per heavy atom. The van der Waals surface area contributed by atoms with Gasteiger partial charge in [0.15, 0.2) is 0 Å². The van der Waals surface area contributed by atoms with E-state index in [1.165, 1.54) is 7.11 Å². The van der Waals surface area contributed by atoms with Crippen LogP contribution in [0.1, 0.15) is 21.5 Å². The SMILES string of the molecule is COC(=O)C(NC(=O)c1ccccc1)=C1C=C(c2ccccc2)OC(c2ccccc2)=C1. The molecule has 1 aliphatic heterocycles. The lowest BCUT2D eigenvalue weighted by molar-refractivity contribution is -0.136. The molecule has 4 rings (SSSR count). The quantitative estimate of drug-likeness (QED) is 0.466.